The van der Waals surface area contributed by atoms with E-state index >= 15 is 0 Å². The Balaban J connectivity index is 2.27. The monoisotopic (exact) mass is 294 g/mol. The molecular formula is C8H8BrClN2OS. The van der Waals surface area contributed by atoms with E-state index in [1.54, 1.807) is 4.90 Å². The van der Waals surface area contributed by atoms with Gasteiger partial charge in [-0.15, -0.1) is 0 Å². The van der Waals surface area contributed by atoms with Gasteiger partial charge in [-0.3, -0.25) is 9.69 Å². The summed E-state index contributed by atoms with van der Waals surface area (Å²) < 4.78 is 0.658. The van der Waals surface area contributed by atoms with E-state index < -0.39 is 0 Å². The van der Waals surface area contributed by atoms with Gasteiger partial charge in [0, 0.05) is 17.8 Å². The molecule has 0 spiro atoms. The van der Waals surface area contributed by atoms with Crippen LogP contribution >= 0.6 is 38.9 Å². The van der Waals surface area contributed by atoms with Crippen LogP contribution in [0.2, 0.25) is 4.34 Å². The molecule has 76 valence electrons. The zero-order valence-corrected chi connectivity index (χ0v) is 10.6. The van der Waals surface area contributed by atoms with Crippen molar-refractivity contribution in [3.63, 3.8) is 0 Å². The lowest BCUT2D eigenvalue weighted by molar-refractivity contribution is -0.117. The summed E-state index contributed by atoms with van der Waals surface area (Å²) in [6.07, 6.45) is 0.538. The van der Waals surface area contributed by atoms with Crippen LogP contribution in [0.15, 0.2) is 0 Å². The first-order chi connectivity index (χ1) is 6.58. The minimum atomic E-state index is 0.109. The molecule has 0 radical (unpaired) electrons. The van der Waals surface area contributed by atoms with E-state index in [0.717, 1.165) is 5.69 Å². The normalized spacial score (nSPS) is 22.1. The summed E-state index contributed by atoms with van der Waals surface area (Å²) in [7, 11) is 0. The lowest BCUT2D eigenvalue weighted by Gasteiger charge is -2.10. The quantitative estimate of drug-likeness (QED) is 0.746. The Bertz CT molecular complexity index is 362. The van der Waals surface area contributed by atoms with Gasteiger partial charge in [0.1, 0.15) is 4.34 Å². The van der Waals surface area contributed by atoms with Crippen molar-refractivity contribution < 1.29 is 4.79 Å². The van der Waals surface area contributed by atoms with Gasteiger partial charge in [0.2, 0.25) is 5.91 Å². The molecule has 1 fully saturated rings. The number of halogens is 2. The lowest BCUT2D eigenvalue weighted by Crippen LogP contribution is -2.24. The molecule has 6 heteroatoms. The average molecular weight is 296 g/mol. The maximum atomic E-state index is 11.5. The van der Waals surface area contributed by atoms with Gasteiger partial charge >= 0.3 is 0 Å². The molecule has 1 amide bonds. The molecule has 0 saturated carbocycles. The molecule has 1 aliphatic heterocycles. The summed E-state index contributed by atoms with van der Waals surface area (Å²) in [6.45, 7) is 2.52. The van der Waals surface area contributed by atoms with Crippen LogP contribution in [0.1, 0.15) is 12.1 Å². The minimum absolute atomic E-state index is 0.109. The van der Waals surface area contributed by atoms with Crippen LogP contribution in [0.25, 0.3) is 0 Å². The molecule has 2 heterocycles. The van der Waals surface area contributed by atoms with Crippen molar-refractivity contribution in [3.05, 3.63) is 10.0 Å². The molecule has 2 rings (SSSR count). The van der Waals surface area contributed by atoms with Crippen LogP contribution in [0.5, 0.6) is 0 Å². The van der Waals surface area contributed by atoms with E-state index in [1.807, 2.05) is 6.92 Å². The average Bonchev–Trinajstić information content (AvgIpc) is 2.57. The number of hydrogen-bond acceptors (Lipinski definition) is 3. The highest BCUT2D eigenvalue weighted by Crippen LogP contribution is 2.33. The fourth-order valence-corrected chi connectivity index (χ4v) is 2.97. The van der Waals surface area contributed by atoms with Crippen LogP contribution in [-0.2, 0) is 4.79 Å². The summed E-state index contributed by atoms with van der Waals surface area (Å²) in [5.74, 6) is 0.109. The number of aryl methyl sites for hydroxylation is 1. The molecule has 3 nitrogen and oxygen atoms in total. The largest absolute Gasteiger partial charge is 0.287 e. The number of amides is 1. The predicted molar refractivity (Wildman–Crippen MR) is 61.5 cm³/mol. The van der Waals surface area contributed by atoms with E-state index in [1.165, 1.54) is 11.3 Å². The molecule has 14 heavy (non-hydrogen) atoms. The van der Waals surface area contributed by atoms with Gasteiger partial charge in [0.05, 0.1) is 5.69 Å². The molecule has 1 atom stereocenters. The van der Waals surface area contributed by atoms with Crippen molar-refractivity contribution in [2.75, 3.05) is 11.4 Å². The number of carbonyl (C=O) groups is 1. The van der Waals surface area contributed by atoms with Gasteiger partial charge in [-0.05, 0) is 6.92 Å². The lowest BCUT2D eigenvalue weighted by atomic mass is 10.4. The van der Waals surface area contributed by atoms with Crippen LogP contribution in [-0.4, -0.2) is 22.3 Å². The molecule has 1 unspecified atom stereocenters. The molecule has 0 bridgehead atoms. The molecule has 1 aromatic heterocycles. The summed E-state index contributed by atoms with van der Waals surface area (Å²) in [4.78, 5) is 17.7. The van der Waals surface area contributed by atoms with Crippen molar-refractivity contribution in [2.24, 2.45) is 0 Å². The first kappa shape index (κ1) is 10.4. The third kappa shape index (κ3) is 1.81. The van der Waals surface area contributed by atoms with Crippen LogP contribution < -0.4 is 4.90 Å². The van der Waals surface area contributed by atoms with E-state index in [-0.39, 0.29) is 10.7 Å². The second kappa shape index (κ2) is 3.79. The minimum Gasteiger partial charge on any atom is -0.287 e. The van der Waals surface area contributed by atoms with Crippen LogP contribution in [0.3, 0.4) is 0 Å². The number of rotatable bonds is 1. The van der Waals surface area contributed by atoms with Gasteiger partial charge in [0.15, 0.2) is 5.13 Å². The molecule has 1 aliphatic rings. The third-order valence-electron chi connectivity index (χ3n) is 2.04. The Morgan fingerprint density at radius 3 is 2.86 bits per heavy atom. The molecular weight excluding hydrogens is 288 g/mol. The van der Waals surface area contributed by atoms with Gasteiger partial charge in [0.25, 0.3) is 0 Å². The van der Waals surface area contributed by atoms with Gasteiger partial charge < -0.3 is 0 Å². The topological polar surface area (TPSA) is 33.2 Å². The molecule has 1 saturated heterocycles. The van der Waals surface area contributed by atoms with Crippen LogP contribution in [0, 0.1) is 6.92 Å². The van der Waals surface area contributed by atoms with Crippen molar-refractivity contribution in [2.45, 2.75) is 18.2 Å². The second-order valence-electron chi connectivity index (χ2n) is 3.16. The Morgan fingerprint density at radius 2 is 2.43 bits per heavy atom. The zero-order chi connectivity index (χ0) is 10.3. The number of carbonyl (C=O) groups excluding carboxylic acids is 1. The SMILES string of the molecule is Cc1nc(N2CC(Br)CC2=O)sc1Cl. The number of alkyl halides is 1. The van der Waals surface area contributed by atoms with E-state index in [2.05, 4.69) is 20.9 Å². The number of aromatic nitrogens is 1. The molecule has 0 N–H and O–H groups in total. The summed E-state index contributed by atoms with van der Waals surface area (Å²) in [6, 6.07) is 0. The van der Waals surface area contributed by atoms with E-state index in [4.69, 9.17) is 11.6 Å². The Hall–Kier alpha value is -0.130. The number of thiazole rings is 1. The summed E-state index contributed by atoms with van der Waals surface area (Å²) >= 11 is 10.7. The van der Waals surface area contributed by atoms with Crippen molar-refractivity contribution in [3.8, 4) is 0 Å². The maximum absolute atomic E-state index is 11.5. The standard InChI is InChI=1S/C8H8BrClN2OS/c1-4-7(10)14-8(11-4)12-3-5(9)2-6(12)13/h5H,2-3H2,1H3. The van der Waals surface area contributed by atoms with Gasteiger partial charge in [-0.1, -0.05) is 38.9 Å². The highest BCUT2D eigenvalue weighted by atomic mass is 79.9. The smallest absolute Gasteiger partial charge is 0.230 e. The first-order valence-corrected chi connectivity index (χ1v) is 6.26. The number of hydrogen-bond donors (Lipinski definition) is 0. The highest BCUT2D eigenvalue weighted by Gasteiger charge is 2.30. The maximum Gasteiger partial charge on any atom is 0.230 e. The molecule has 0 aliphatic carbocycles. The predicted octanol–water partition coefficient (Wildman–Crippen LogP) is 2.61. The van der Waals surface area contributed by atoms with E-state index in [9.17, 15) is 4.79 Å². The second-order valence-corrected chi connectivity index (χ2v) is 6.04. The fraction of sp³-hybridized carbons (Fsp3) is 0.500. The third-order valence-corrected chi connectivity index (χ3v) is 4.12. The van der Waals surface area contributed by atoms with Crippen LogP contribution in [0.4, 0.5) is 5.13 Å². The Morgan fingerprint density at radius 1 is 1.71 bits per heavy atom. The fourth-order valence-electron chi connectivity index (χ4n) is 1.33. The first-order valence-electron chi connectivity index (χ1n) is 4.15. The summed E-state index contributed by atoms with van der Waals surface area (Å²) in [5.41, 5.74) is 0.789. The zero-order valence-electron chi connectivity index (χ0n) is 7.46. The Labute approximate surface area is 99.2 Å². The summed E-state index contributed by atoms with van der Waals surface area (Å²) in [5, 5.41) is 0.708. The number of anilines is 1. The molecule has 1 aromatic rings. The number of nitrogens with zero attached hydrogens (tertiary/aromatic N) is 2. The van der Waals surface area contributed by atoms with Gasteiger partial charge in [-0.2, -0.15) is 0 Å². The molecule has 0 aromatic carbocycles. The Kier molecular flexibility index (Phi) is 2.81. The highest BCUT2D eigenvalue weighted by molar-refractivity contribution is 9.09. The van der Waals surface area contributed by atoms with Crippen molar-refractivity contribution >= 4 is 49.9 Å². The van der Waals surface area contributed by atoms with Crippen molar-refractivity contribution in [1.29, 1.82) is 0 Å². The van der Waals surface area contributed by atoms with E-state index in [0.29, 0.717) is 22.4 Å². The van der Waals surface area contributed by atoms with Gasteiger partial charge in [-0.25, -0.2) is 4.98 Å². The van der Waals surface area contributed by atoms with Crippen molar-refractivity contribution in [1.82, 2.24) is 4.98 Å².